The molecule has 0 aliphatic heterocycles. The maximum atomic E-state index is 7.21. The first-order valence-electron chi connectivity index (χ1n) is 22.0. The Morgan fingerprint density at radius 3 is 1.57 bits per heavy atom. The first-order chi connectivity index (χ1) is 32.2. The van der Waals surface area contributed by atoms with Crippen LogP contribution in [0.5, 0.6) is 11.5 Å². The number of fused-ring (bicyclic) bond motifs is 12. The average molecular weight is 833 g/mol. The smallest absolute Gasteiger partial charge is 0.153 e. The zero-order valence-electron chi connectivity index (χ0n) is 34.9. The van der Waals surface area contributed by atoms with Gasteiger partial charge in [0.25, 0.3) is 0 Å². The molecule has 0 radical (unpaired) electrons. The van der Waals surface area contributed by atoms with Crippen LogP contribution in [0.15, 0.2) is 223 Å². The van der Waals surface area contributed by atoms with Gasteiger partial charge in [-0.3, -0.25) is 0 Å². The Kier molecular flexibility index (Phi) is 7.59. The zero-order valence-corrected chi connectivity index (χ0v) is 34.9. The molecule has 0 fully saturated rings. The van der Waals surface area contributed by atoms with Crippen molar-refractivity contribution in [3.63, 3.8) is 0 Å². The Labute approximate surface area is 372 Å². The van der Waals surface area contributed by atoms with Gasteiger partial charge < -0.3 is 22.9 Å². The molecule has 6 nitrogen and oxygen atoms in total. The van der Waals surface area contributed by atoms with Crippen molar-refractivity contribution >= 4 is 87.5 Å². The number of ether oxygens (including phenoxy) is 1. The third kappa shape index (κ3) is 5.31. The molecule has 0 aliphatic rings. The second-order valence-corrected chi connectivity index (χ2v) is 16.7. The van der Waals surface area contributed by atoms with E-state index in [1.165, 1.54) is 21.8 Å². The molecule has 0 saturated carbocycles. The van der Waals surface area contributed by atoms with E-state index in [0.29, 0.717) is 0 Å². The van der Waals surface area contributed by atoms with Crippen LogP contribution < -0.4 is 4.74 Å². The summed E-state index contributed by atoms with van der Waals surface area (Å²) < 4.78 is 20.4. The molecule has 0 spiro atoms. The summed E-state index contributed by atoms with van der Waals surface area (Å²) >= 11 is 0. The average Bonchev–Trinajstić information content (AvgIpc) is 4.11. The molecular formula is C59H36N4O2. The molecule has 0 atom stereocenters. The minimum absolute atomic E-state index is 0.784. The number of rotatable bonds is 6. The fourth-order valence-electron chi connectivity index (χ4n) is 10.3. The van der Waals surface area contributed by atoms with Crippen molar-refractivity contribution in [1.82, 2.24) is 18.7 Å². The molecule has 0 amide bonds. The van der Waals surface area contributed by atoms with Crippen molar-refractivity contribution in [2.75, 3.05) is 0 Å². The van der Waals surface area contributed by atoms with Crippen LogP contribution in [0, 0.1) is 0 Å². The van der Waals surface area contributed by atoms with Gasteiger partial charge in [0.1, 0.15) is 22.6 Å². The van der Waals surface area contributed by atoms with Gasteiger partial charge in [0.05, 0.1) is 49.6 Å². The van der Waals surface area contributed by atoms with Gasteiger partial charge in [-0.05, 0) is 109 Å². The first-order valence-corrected chi connectivity index (χ1v) is 22.0. The number of hydrogen-bond donors (Lipinski definition) is 0. The van der Waals surface area contributed by atoms with Crippen LogP contribution in [0.1, 0.15) is 0 Å². The molecule has 6 heteroatoms. The molecule has 14 aromatic rings. The van der Waals surface area contributed by atoms with Gasteiger partial charge in [0, 0.05) is 49.6 Å². The normalized spacial score (nSPS) is 12.0. The summed E-state index contributed by atoms with van der Waals surface area (Å²) in [7, 11) is 0. The summed E-state index contributed by atoms with van der Waals surface area (Å²) in [5.74, 6) is 1.60. The first kappa shape index (κ1) is 35.7. The van der Waals surface area contributed by atoms with E-state index < -0.39 is 0 Å². The molecule has 5 heterocycles. The number of para-hydroxylation sites is 5. The summed E-state index contributed by atoms with van der Waals surface area (Å²) in [6.45, 7) is 0. The van der Waals surface area contributed by atoms with Crippen LogP contribution in [0.4, 0.5) is 0 Å². The lowest BCUT2D eigenvalue weighted by Crippen LogP contribution is -1.96. The van der Waals surface area contributed by atoms with E-state index in [-0.39, 0.29) is 0 Å². The number of pyridine rings is 1. The van der Waals surface area contributed by atoms with Crippen molar-refractivity contribution < 1.29 is 9.15 Å². The zero-order chi connectivity index (χ0) is 42.6. The standard InChI is InChI=1S/C59H36N4O2/c1-2-16-38(17-3-1)61-47-23-8-4-19-41(47)45-36-40(31-33-50(45)61)63-49-25-10-6-21-43(49)58-52(63)27-14-30-55(58)65-54-29-13-26-51-57(54)42-20-5-9-24-48(42)62(51)39-18-12-15-37(35-39)46-32-34-56-59(60-46)44-22-7-11-28-53(44)64-56/h1-36H. The summed E-state index contributed by atoms with van der Waals surface area (Å²) in [6.07, 6.45) is 0. The molecule has 65 heavy (non-hydrogen) atoms. The quantitative estimate of drug-likeness (QED) is 0.168. The Morgan fingerprint density at radius 2 is 0.862 bits per heavy atom. The second kappa shape index (κ2) is 13.8. The van der Waals surface area contributed by atoms with E-state index in [1.54, 1.807) is 0 Å². The van der Waals surface area contributed by atoms with Crippen molar-refractivity contribution in [2.24, 2.45) is 0 Å². The van der Waals surface area contributed by atoms with Gasteiger partial charge in [0.15, 0.2) is 5.58 Å². The molecule has 0 aliphatic carbocycles. The van der Waals surface area contributed by atoms with Crippen molar-refractivity contribution in [3.8, 4) is 39.8 Å². The van der Waals surface area contributed by atoms with Gasteiger partial charge in [-0.1, -0.05) is 109 Å². The number of furan rings is 1. The minimum atomic E-state index is 0.784. The van der Waals surface area contributed by atoms with Gasteiger partial charge in [-0.25, -0.2) is 4.98 Å². The van der Waals surface area contributed by atoms with Crippen molar-refractivity contribution in [2.45, 2.75) is 0 Å². The van der Waals surface area contributed by atoms with Crippen LogP contribution >= 0.6 is 0 Å². The molecule has 5 aromatic heterocycles. The highest BCUT2D eigenvalue weighted by Gasteiger charge is 2.21. The Morgan fingerprint density at radius 1 is 0.338 bits per heavy atom. The van der Waals surface area contributed by atoms with Crippen LogP contribution in [0.3, 0.4) is 0 Å². The SMILES string of the molecule is c1ccc(-n2c3ccccc3c3cc(-n4c5ccccc5c5c(Oc6cccc7c6c6ccccc6n7-c6cccc(-c7ccc8oc9ccccc9c8n7)c6)cccc54)ccc32)cc1. The molecule has 14 rings (SSSR count). The molecule has 0 saturated heterocycles. The van der Waals surface area contributed by atoms with E-state index in [0.717, 1.165) is 105 Å². The van der Waals surface area contributed by atoms with Crippen LogP contribution in [0.25, 0.3) is 116 Å². The second-order valence-electron chi connectivity index (χ2n) is 16.7. The number of aromatic nitrogens is 4. The lowest BCUT2D eigenvalue weighted by Gasteiger charge is -2.12. The number of benzene rings is 9. The predicted octanol–water partition coefficient (Wildman–Crippen LogP) is 15.7. The maximum absolute atomic E-state index is 7.21. The highest BCUT2D eigenvalue weighted by atomic mass is 16.5. The molecule has 0 bridgehead atoms. The van der Waals surface area contributed by atoms with E-state index in [4.69, 9.17) is 14.1 Å². The van der Waals surface area contributed by atoms with E-state index in [9.17, 15) is 0 Å². The third-order valence-electron chi connectivity index (χ3n) is 13.1. The van der Waals surface area contributed by atoms with Gasteiger partial charge in [-0.2, -0.15) is 0 Å². The number of hydrogen-bond acceptors (Lipinski definition) is 3. The van der Waals surface area contributed by atoms with Crippen molar-refractivity contribution in [3.05, 3.63) is 218 Å². The Hall–Kier alpha value is -8.87. The maximum Gasteiger partial charge on any atom is 0.153 e. The van der Waals surface area contributed by atoms with Gasteiger partial charge >= 0.3 is 0 Å². The Balaban J connectivity index is 0.913. The van der Waals surface area contributed by atoms with Crippen molar-refractivity contribution in [1.29, 1.82) is 0 Å². The largest absolute Gasteiger partial charge is 0.456 e. The minimum Gasteiger partial charge on any atom is -0.456 e. The highest BCUT2D eigenvalue weighted by Crippen LogP contribution is 2.44. The molecule has 304 valence electrons. The van der Waals surface area contributed by atoms with Crippen LogP contribution in [-0.2, 0) is 0 Å². The fraction of sp³-hybridized carbons (Fsp3) is 0. The lowest BCUT2D eigenvalue weighted by molar-refractivity contribution is 0.495. The lowest BCUT2D eigenvalue weighted by atomic mass is 10.1. The molecule has 9 aromatic carbocycles. The summed E-state index contributed by atoms with van der Waals surface area (Å²) in [6, 6.07) is 77.0. The van der Waals surface area contributed by atoms with Crippen LogP contribution in [-0.4, -0.2) is 18.7 Å². The van der Waals surface area contributed by atoms with E-state index in [1.807, 2.05) is 30.3 Å². The summed E-state index contributed by atoms with van der Waals surface area (Å²) in [5.41, 5.74) is 14.4. The van der Waals surface area contributed by atoms with E-state index in [2.05, 4.69) is 202 Å². The van der Waals surface area contributed by atoms with Gasteiger partial charge in [0.2, 0.25) is 0 Å². The topological polar surface area (TPSA) is 50.0 Å². The van der Waals surface area contributed by atoms with Crippen LogP contribution in [0.2, 0.25) is 0 Å². The van der Waals surface area contributed by atoms with E-state index >= 15 is 0 Å². The van der Waals surface area contributed by atoms with Gasteiger partial charge in [-0.15, -0.1) is 0 Å². The highest BCUT2D eigenvalue weighted by molar-refractivity contribution is 6.15. The Bertz CT molecular complexity index is 4230. The fourth-order valence-corrected chi connectivity index (χ4v) is 10.3. The number of nitrogens with zero attached hydrogens (tertiary/aromatic N) is 4. The molecular weight excluding hydrogens is 797 g/mol. The predicted molar refractivity (Wildman–Crippen MR) is 266 cm³/mol. The summed E-state index contributed by atoms with van der Waals surface area (Å²) in [4.78, 5) is 5.12. The third-order valence-corrected chi connectivity index (χ3v) is 13.1. The monoisotopic (exact) mass is 832 g/mol. The molecule has 0 N–H and O–H groups in total. The molecule has 0 unspecified atom stereocenters. The summed E-state index contributed by atoms with van der Waals surface area (Å²) in [5, 5.41) is 7.81.